The molecule has 0 aromatic carbocycles. The Labute approximate surface area is 175 Å². The van der Waals surface area contributed by atoms with Crippen LogP contribution in [0.5, 0.6) is 0 Å². The average Bonchev–Trinajstić information content (AvgIpc) is 3.36. The molecule has 0 saturated heterocycles. The van der Waals surface area contributed by atoms with Gasteiger partial charge in [0.1, 0.15) is 5.82 Å². The fraction of sp³-hybridized carbons (Fsp3) is 0.421. The Hall–Kier alpha value is -2.09. The Morgan fingerprint density at radius 3 is 2.79 bits per heavy atom. The van der Waals surface area contributed by atoms with Crippen molar-refractivity contribution in [1.82, 2.24) is 25.5 Å². The molecule has 0 saturated carbocycles. The minimum atomic E-state index is 0. The first-order valence-electron chi connectivity index (χ1n) is 9.32. The van der Waals surface area contributed by atoms with Crippen LogP contribution < -0.4 is 10.6 Å². The molecule has 7 nitrogen and oxygen atoms in total. The van der Waals surface area contributed by atoms with Gasteiger partial charge in [-0.2, -0.15) is 5.10 Å². The zero-order chi connectivity index (χ0) is 17.3. The van der Waals surface area contributed by atoms with E-state index in [2.05, 4.69) is 20.8 Å². The Balaban J connectivity index is 0.00000112. The fourth-order valence-electron chi connectivity index (χ4n) is 3.91. The van der Waals surface area contributed by atoms with E-state index in [1.807, 2.05) is 12.1 Å². The molecule has 0 spiro atoms. The summed E-state index contributed by atoms with van der Waals surface area (Å²) in [5.41, 5.74) is 6.09. The van der Waals surface area contributed by atoms with Gasteiger partial charge < -0.3 is 15.1 Å². The van der Waals surface area contributed by atoms with E-state index >= 15 is 0 Å². The van der Waals surface area contributed by atoms with Gasteiger partial charge in [-0.1, -0.05) is 0 Å². The summed E-state index contributed by atoms with van der Waals surface area (Å²) in [6.07, 6.45) is 6.93. The van der Waals surface area contributed by atoms with Gasteiger partial charge in [0.2, 0.25) is 0 Å². The van der Waals surface area contributed by atoms with E-state index in [0.717, 1.165) is 56.0 Å². The summed E-state index contributed by atoms with van der Waals surface area (Å²) in [5, 5.41) is 14.6. The van der Waals surface area contributed by atoms with E-state index in [-0.39, 0.29) is 24.8 Å². The second-order valence-corrected chi connectivity index (χ2v) is 6.88. The number of nitrogens with zero attached hydrogens (tertiary/aromatic N) is 3. The molecule has 3 aromatic heterocycles. The molecule has 5 rings (SSSR count). The van der Waals surface area contributed by atoms with Crippen molar-refractivity contribution in [3.05, 3.63) is 46.6 Å². The molecule has 0 atom stereocenters. The Morgan fingerprint density at radius 1 is 1.04 bits per heavy atom. The molecular formula is C19H24Cl2N6O. The number of aromatic amines is 1. The van der Waals surface area contributed by atoms with E-state index in [0.29, 0.717) is 18.1 Å². The van der Waals surface area contributed by atoms with Crippen LogP contribution in [0, 0.1) is 0 Å². The highest BCUT2D eigenvalue weighted by Gasteiger charge is 2.21. The quantitative estimate of drug-likeness (QED) is 0.598. The second kappa shape index (κ2) is 8.94. The first kappa shape index (κ1) is 20.6. The molecule has 0 fully saturated rings. The van der Waals surface area contributed by atoms with Crippen LogP contribution in [0.2, 0.25) is 0 Å². The standard InChI is InChI=1S/C19H22N6O.2ClH/c1-3-12-15(4-1)24-25-16(12)11-21-18-13-6-8-20-9-7-14(13)22-19(23-18)17-5-2-10-26-17;;/h2,5,10,20H,1,3-4,6-9,11H2,(H,24,25)(H,21,22,23);2*1H. The molecule has 0 amide bonds. The molecule has 0 radical (unpaired) electrons. The molecule has 150 valence electrons. The number of H-pyrrole nitrogens is 1. The van der Waals surface area contributed by atoms with Crippen molar-refractivity contribution in [2.45, 2.75) is 38.6 Å². The number of halogens is 2. The van der Waals surface area contributed by atoms with Crippen LogP contribution in [0.4, 0.5) is 5.82 Å². The molecule has 3 aromatic rings. The highest BCUT2D eigenvalue weighted by molar-refractivity contribution is 5.85. The lowest BCUT2D eigenvalue weighted by Crippen LogP contribution is -2.16. The van der Waals surface area contributed by atoms with Gasteiger partial charge in [0.05, 0.1) is 24.2 Å². The number of furan rings is 1. The molecule has 0 bridgehead atoms. The van der Waals surface area contributed by atoms with Crippen molar-refractivity contribution < 1.29 is 4.42 Å². The maximum atomic E-state index is 5.52. The SMILES string of the molecule is Cl.Cl.c1coc(-c2nc3c(c(NCc4n[nH]c5c4CCC5)n2)CCNCC3)c1. The van der Waals surface area contributed by atoms with Crippen molar-refractivity contribution in [3.8, 4) is 11.6 Å². The third kappa shape index (κ3) is 3.87. The maximum absolute atomic E-state index is 5.52. The predicted molar refractivity (Wildman–Crippen MR) is 112 cm³/mol. The van der Waals surface area contributed by atoms with Crippen molar-refractivity contribution in [3.63, 3.8) is 0 Å². The van der Waals surface area contributed by atoms with Gasteiger partial charge >= 0.3 is 0 Å². The lowest BCUT2D eigenvalue weighted by atomic mass is 10.1. The van der Waals surface area contributed by atoms with Crippen molar-refractivity contribution in [2.24, 2.45) is 0 Å². The molecule has 28 heavy (non-hydrogen) atoms. The van der Waals surface area contributed by atoms with Crippen LogP contribution in [0.25, 0.3) is 11.6 Å². The van der Waals surface area contributed by atoms with Crippen LogP contribution in [0.3, 0.4) is 0 Å². The smallest absolute Gasteiger partial charge is 0.197 e. The number of nitrogens with one attached hydrogen (secondary N) is 3. The van der Waals surface area contributed by atoms with Crippen LogP contribution in [0.15, 0.2) is 22.8 Å². The topological polar surface area (TPSA) is 91.7 Å². The summed E-state index contributed by atoms with van der Waals surface area (Å²) in [6.45, 7) is 2.57. The van der Waals surface area contributed by atoms with E-state index in [9.17, 15) is 0 Å². The van der Waals surface area contributed by atoms with Crippen LogP contribution in [-0.2, 0) is 32.2 Å². The largest absolute Gasteiger partial charge is 0.461 e. The van der Waals surface area contributed by atoms with Crippen molar-refractivity contribution in [2.75, 3.05) is 18.4 Å². The van der Waals surface area contributed by atoms with Gasteiger partial charge in [-0.25, -0.2) is 9.97 Å². The van der Waals surface area contributed by atoms with Crippen molar-refractivity contribution in [1.29, 1.82) is 0 Å². The highest BCUT2D eigenvalue weighted by atomic mass is 35.5. The monoisotopic (exact) mass is 422 g/mol. The van der Waals surface area contributed by atoms with Gasteiger partial charge in [-0.15, -0.1) is 24.8 Å². The van der Waals surface area contributed by atoms with E-state index in [4.69, 9.17) is 14.4 Å². The van der Waals surface area contributed by atoms with Gasteiger partial charge in [-0.3, -0.25) is 5.10 Å². The Bertz CT molecular complexity index is 925. The summed E-state index contributed by atoms with van der Waals surface area (Å²) >= 11 is 0. The van der Waals surface area contributed by atoms with Gasteiger partial charge in [-0.05, 0) is 49.9 Å². The highest BCUT2D eigenvalue weighted by Crippen LogP contribution is 2.27. The van der Waals surface area contributed by atoms with Gasteiger partial charge in [0, 0.05) is 24.2 Å². The third-order valence-electron chi connectivity index (χ3n) is 5.24. The number of hydrogen-bond acceptors (Lipinski definition) is 6. The fourth-order valence-corrected chi connectivity index (χ4v) is 3.91. The maximum Gasteiger partial charge on any atom is 0.197 e. The van der Waals surface area contributed by atoms with E-state index in [1.165, 1.54) is 23.2 Å². The molecule has 1 aliphatic heterocycles. The molecule has 9 heteroatoms. The lowest BCUT2D eigenvalue weighted by molar-refractivity contribution is 0.576. The normalized spacial score (nSPS) is 15.0. The number of aromatic nitrogens is 4. The minimum Gasteiger partial charge on any atom is -0.461 e. The second-order valence-electron chi connectivity index (χ2n) is 6.88. The van der Waals surface area contributed by atoms with Gasteiger partial charge in [0.25, 0.3) is 0 Å². The predicted octanol–water partition coefficient (Wildman–Crippen LogP) is 3.09. The molecule has 3 N–H and O–H groups in total. The number of hydrogen-bond donors (Lipinski definition) is 3. The lowest BCUT2D eigenvalue weighted by Gasteiger charge is -2.14. The summed E-state index contributed by atoms with van der Waals surface area (Å²) in [4.78, 5) is 9.55. The summed E-state index contributed by atoms with van der Waals surface area (Å²) in [7, 11) is 0. The summed E-state index contributed by atoms with van der Waals surface area (Å²) < 4.78 is 5.52. The average molecular weight is 423 g/mol. The number of aryl methyl sites for hydroxylation is 1. The number of anilines is 1. The molecule has 0 unspecified atom stereocenters. The van der Waals surface area contributed by atoms with Gasteiger partial charge in [0.15, 0.2) is 11.6 Å². The molecule has 4 heterocycles. The Morgan fingerprint density at radius 2 is 1.93 bits per heavy atom. The molecule has 1 aliphatic carbocycles. The number of rotatable bonds is 4. The zero-order valence-electron chi connectivity index (χ0n) is 15.5. The number of fused-ring (bicyclic) bond motifs is 2. The van der Waals surface area contributed by atoms with E-state index in [1.54, 1.807) is 6.26 Å². The van der Waals surface area contributed by atoms with Crippen molar-refractivity contribution >= 4 is 30.6 Å². The first-order valence-corrected chi connectivity index (χ1v) is 9.32. The van der Waals surface area contributed by atoms with Crippen LogP contribution in [-0.4, -0.2) is 33.3 Å². The third-order valence-corrected chi connectivity index (χ3v) is 5.24. The summed E-state index contributed by atoms with van der Waals surface area (Å²) in [5.74, 6) is 2.25. The molecular weight excluding hydrogens is 399 g/mol. The summed E-state index contributed by atoms with van der Waals surface area (Å²) in [6, 6.07) is 3.77. The minimum absolute atomic E-state index is 0. The zero-order valence-corrected chi connectivity index (χ0v) is 17.1. The Kier molecular flexibility index (Phi) is 6.59. The first-order chi connectivity index (χ1) is 12.9. The van der Waals surface area contributed by atoms with Crippen LogP contribution >= 0.6 is 24.8 Å². The molecule has 2 aliphatic rings. The van der Waals surface area contributed by atoms with Crippen LogP contribution in [0.1, 0.15) is 34.6 Å². The van der Waals surface area contributed by atoms with E-state index < -0.39 is 0 Å².